The number of aromatic nitrogens is 1. The van der Waals surface area contributed by atoms with E-state index in [1.165, 1.54) is 10.9 Å². The van der Waals surface area contributed by atoms with Gasteiger partial charge < -0.3 is 15.0 Å². The number of aliphatic hydroxyl groups is 1. The van der Waals surface area contributed by atoms with E-state index >= 15 is 0 Å². The first-order valence-corrected chi connectivity index (χ1v) is 9.47. The Bertz CT molecular complexity index is 733. The Balaban J connectivity index is 1.29. The van der Waals surface area contributed by atoms with Crippen molar-refractivity contribution in [2.75, 3.05) is 26.2 Å². The second-order valence-corrected chi connectivity index (χ2v) is 7.34. The smallest absolute Gasteiger partial charge is 0.222 e. The maximum atomic E-state index is 12.6. The van der Waals surface area contributed by atoms with Crippen LogP contribution in [0, 0.1) is 0 Å². The number of aliphatic hydroxyl groups excluding tert-OH is 1. The van der Waals surface area contributed by atoms with Gasteiger partial charge in [-0.25, -0.2) is 0 Å². The fourth-order valence-corrected chi connectivity index (χ4v) is 4.39. The van der Waals surface area contributed by atoms with Crippen LogP contribution in [0.3, 0.4) is 0 Å². The number of nitrogens with one attached hydrogen (secondary N) is 1. The lowest BCUT2D eigenvalue weighted by atomic mass is 10.1. The predicted octanol–water partition coefficient (Wildman–Crippen LogP) is 2.16. The summed E-state index contributed by atoms with van der Waals surface area (Å²) in [6.45, 7) is 3.35. The molecule has 2 N–H and O–H groups in total. The molecule has 0 bridgehead atoms. The summed E-state index contributed by atoms with van der Waals surface area (Å²) >= 11 is 0. The van der Waals surface area contributed by atoms with E-state index < -0.39 is 0 Å². The molecular formula is C20H27N3O2. The molecule has 1 aliphatic carbocycles. The molecule has 5 heteroatoms. The van der Waals surface area contributed by atoms with Crippen LogP contribution in [0.1, 0.15) is 31.2 Å². The van der Waals surface area contributed by atoms with Crippen LogP contribution in [0.15, 0.2) is 30.5 Å². The van der Waals surface area contributed by atoms with E-state index in [1.807, 2.05) is 23.2 Å². The first-order chi connectivity index (χ1) is 12.2. The minimum atomic E-state index is -0.177. The van der Waals surface area contributed by atoms with Crippen molar-refractivity contribution >= 4 is 16.8 Å². The monoisotopic (exact) mass is 341 g/mol. The molecule has 2 fully saturated rings. The number of para-hydroxylation sites is 1. The van der Waals surface area contributed by atoms with Crippen molar-refractivity contribution in [2.45, 2.75) is 44.2 Å². The van der Waals surface area contributed by atoms with Gasteiger partial charge in [0.25, 0.3) is 0 Å². The molecule has 1 amide bonds. The molecule has 0 unspecified atom stereocenters. The molecular weight excluding hydrogens is 314 g/mol. The topological polar surface area (TPSA) is 59.6 Å². The number of aromatic amines is 1. The van der Waals surface area contributed by atoms with Crippen LogP contribution in [-0.4, -0.2) is 64.1 Å². The zero-order valence-corrected chi connectivity index (χ0v) is 14.7. The lowest BCUT2D eigenvalue weighted by Crippen LogP contribution is -2.53. The van der Waals surface area contributed by atoms with Crippen molar-refractivity contribution in [2.24, 2.45) is 0 Å². The van der Waals surface area contributed by atoms with E-state index in [0.29, 0.717) is 12.5 Å². The molecule has 1 aromatic carbocycles. The average molecular weight is 341 g/mol. The molecule has 2 aliphatic rings. The molecule has 1 saturated heterocycles. The summed E-state index contributed by atoms with van der Waals surface area (Å²) in [4.78, 5) is 20.2. The minimum Gasteiger partial charge on any atom is -0.391 e. The highest BCUT2D eigenvalue weighted by molar-refractivity contribution is 5.84. The van der Waals surface area contributed by atoms with E-state index in [4.69, 9.17) is 0 Å². The van der Waals surface area contributed by atoms with Gasteiger partial charge in [-0.2, -0.15) is 0 Å². The molecule has 2 aromatic rings. The maximum absolute atomic E-state index is 12.6. The molecule has 2 atom stereocenters. The largest absolute Gasteiger partial charge is 0.391 e. The minimum absolute atomic E-state index is 0.177. The first kappa shape index (κ1) is 16.6. The van der Waals surface area contributed by atoms with E-state index in [9.17, 15) is 9.90 Å². The molecule has 2 heterocycles. The average Bonchev–Trinajstić information content (AvgIpc) is 3.26. The number of benzene rings is 1. The number of hydrogen-bond donors (Lipinski definition) is 2. The van der Waals surface area contributed by atoms with Crippen LogP contribution in [-0.2, 0) is 11.2 Å². The fraction of sp³-hybridized carbons (Fsp3) is 0.550. The molecule has 1 aromatic heterocycles. The Morgan fingerprint density at radius 3 is 2.72 bits per heavy atom. The third-order valence-electron chi connectivity index (χ3n) is 5.86. The highest BCUT2D eigenvalue weighted by Crippen LogP contribution is 2.25. The van der Waals surface area contributed by atoms with Crippen molar-refractivity contribution in [3.05, 3.63) is 36.0 Å². The summed E-state index contributed by atoms with van der Waals surface area (Å²) in [5.74, 6) is 0.247. The Labute approximate surface area is 148 Å². The summed E-state index contributed by atoms with van der Waals surface area (Å²) in [7, 11) is 0. The SMILES string of the molecule is O=C(CCc1c[nH]c2ccccc12)N1CCN([C@H]2CCC[C@@H]2O)CC1. The van der Waals surface area contributed by atoms with Crippen molar-refractivity contribution in [1.29, 1.82) is 0 Å². The van der Waals surface area contributed by atoms with E-state index in [2.05, 4.69) is 22.0 Å². The van der Waals surface area contributed by atoms with Gasteiger partial charge in [0.15, 0.2) is 0 Å². The third kappa shape index (κ3) is 3.44. The van der Waals surface area contributed by atoms with Gasteiger partial charge in [-0.05, 0) is 37.3 Å². The normalized spacial score (nSPS) is 24.9. The standard InChI is InChI=1S/C20H27N3O2/c24-19-7-3-6-18(19)22-10-12-23(13-11-22)20(25)9-8-15-14-21-17-5-2-1-4-16(15)17/h1-2,4-5,14,18-19,21,24H,3,6-13H2/t18-,19-/m0/s1. The highest BCUT2D eigenvalue weighted by Gasteiger charge is 2.33. The molecule has 4 rings (SSSR count). The number of H-pyrrole nitrogens is 1. The number of aryl methyl sites for hydroxylation is 1. The number of hydrogen-bond acceptors (Lipinski definition) is 3. The van der Waals surface area contributed by atoms with Gasteiger partial charge in [0, 0.05) is 55.7 Å². The molecule has 0 spiro atoms. The van der Waals surface area contributed by atoms with Gasteiger partial charge in [-0.15, -0.1) is 0 Å². The zero-order valence-electron chi connectivity index (χ0n) is 14.7. The van der Waals surface area contributed by atoms with Gasteiger partial charge in [0.1, 0.15) is 0 Å². The second kappa shape index (κ2) is 7.18. The summed E-state index contributed by atoms with van der Waals surface area (Å²) < 4.78 is 0. The summed E-state index contributed by atoms with van der Waals surface area (Å²) in [6.07, 6.45) is 6.33. The lowest BCUT2D eigenvalue weighted by Gasteiger charge is -2.39. The molecule has 1 saturated carbocycles. The number of amides is 1. The van der Waals surface area contributed by atoms with E-state index in [1.54, 1.807) is 0 Å². The molecule has 0 radical (unpaired) electrons. The number of carbonyl (C=O) groups is 1. The van der Waals surface area contributed by atoms with Crippen LogP contribution < -0.4 is 0 Å². The zero-order chi connectivity index (χ0) is 17.2. The van der Waals surface area contributed by atoms with Crippen molar-refractivity contribution in [3.63, 3.8) is 0 Å². The Hall–Kier alpha value is -1.85. The van der Waals surface area contributed by atoms with Gasteiger partial charge >= 0.3 is 0 Å². The Morgan fingerprint density at radius 2 is 1.96 bits per heavy atom. The van der Waals surface area contributed by atoms with Crippen LogP contribution in [0.5, 0.6) is 0 Å². The van der Waals surface area contributed by atoms with Crippen molar-refractivity contribution in [1.82, 2.24) is 14.8 Å². The van der Waals surface area contributed by atoms with E-state index in [-0.39, 0.29) is 12.0 Å². The summed E-state index contributed by atoms with van der Waals surface area (Å²) in [5.41, 5.74) is 2.35. The first-order valence-electron chi connectivity index (χ1n) is 9.47. The summed E-state index contributed by atoms with van der Waals surface area (Å²) in [5, 5.41) is 11.3. The maximum Gasteiger partial charge on any atom is 0.222 e. The summed E-state index contributed by atoms with van der Waals surface area (Å²) in [6, 6.07) is 8.55. The number of fused-ring (bicyclic) bond motifs is 1. The van der Waals surface area contributed by atoms with Gasteiger partial charge in [0.2, 0.25) is 5.91 Å². The second-order valence-electron chi connectivity index (χ2n) is 7.34. The quantitative estimate of drug-likeness (QED) is 0.896. The van der Waals surface area contributed by atoms with Gasteiger partial charge in [-0.1, -0.05) is 18.2 Å². The van der Waals surface area contributed by atoms with Gasteiger partial charge in [-0.3, -0.25) is 9.69 Å². The molecule has 5 nitrogen and oxygen atoms in total. The van der Waals surface area contributed by atoms with Crippen LogP contribution in [0.2, 0.25) is 0 Å². The predicted molar refractivity (Wildman–Crippen MR) is 98.4 cm³/mol. The van der Waals surface area contributed by atoms with Crippen LogP contribution in [0.4, 0.5) is 0 Å². The molecule has 25 heavy (non-hydrogen) atoms. The number of piperazine rings is 1. The number of rotatable bonds is 4. The Kier molecular flexibility index (Phi) is 4.77. The van der Waals surface area contributed by atoms with Crippen LogP contribution >= 0.6 is 0 Å². The van der Waals surface area contributed by atoms with Crippen molar-refractivity contribution in [3.8, 4) is 0 Å². The number of carbonyl (C=O) groups excluding carboxylic acids is 1. The lowest BCUT2D eigenvalue weighted by molar-refractivity contribution is -0.133. The highest BCUT2D eigenvalue weighted by atomic mass is 16.3. The van der Waals surface area contributed by atoms with Crippen LogP contribution in [0.25, 0.3) is 10.9 Å². The fourth-order valence-electron chi connectivity index (χ4n) is 4.39. The number of nitrogens with zero attached hydrogens (tertiary/aromatic N) is 2. The third-order valence-corrected chi connectivity index (χ3v) is 5.86. The molecule has 134 valence electrons. The van der Waals surface area contributed by atoms with E-state index in [0.717, 1.165) is 57.4 Å². The van der Waals surface area contributed by atoms with Crippen molar-refractivity contribution < 1.29 is 9.90 Å². The molecule has 1 aliphatic heterocycles. The Morgan fingerprint density at radius 1 is 1.16 bits per heavy atom. The van der Waals surface area contributed by atoms with Gasteiger partial charge in [0.05, 0.1) is 6.10 Å².